The van der Waals surface area contributed by atoms with Crippen molar-refractivity contribution >= 4 is 10.9 Å². The molecule has 140 valence electrons. The molecule has 0 unspecified atom stereocenters. The minimum absolute atomic E-state index is 0.0185. The second-order valence-corrected chi connectivity index (χ2v) is 6.98. The van der Waals surface area contributed by atoms with Gasteiger partial charge in [0.05, 0.1) is 12.6 Å². The number of hydrogen-bond acceptors (Lipinski definition) is 5. The zero-order valence-electron chi connectivity index (χ0n) is 15.5. The minimum atomic E-state index is -0.0185. The van der Waals surface area contributed by atoms with Gasteiger partial charge < -0.3 is 9.72 Å². The second kappa shape index (κ2) is 7.90. The van der Waals surface area contributed by atoms with Crippen molar-refractivity contribution in [3.8, 4) is 5.75 Å². The molecule has 1 fully saturated rings. The average Bonchev–Trinajstić information content (AvgIpc) is 2.70. The summed E-state index contributed by atoms with van der Waals surface area (Å²) in [5.74, 6) is 0.746. The Labute approximate surface area is 158 Å². The Morgan fingerprint density at radius 3 is 2.41 bits per heavy atom. The number of pyridine rings is 2. The molecule has 2 aromatic heterocycles. The van der Waals surface area contributed by atoms with Gasteiger partial charge in [0.15, 0.2) is 0 Å². The lowest BCUT2D eigenvalue weighted by atomic mass is 10.1. The summed E-state index contributed by atoms with van der Waals surface area (Å²) in [7, 11) is 1.63. The van der Waals surface area contributed by atoms with E-state index in [-0.39, 0.29) is 5.56 Å². The summed E-state index contributed by atoms with van der Waals surface area (Å²) in [6, 6.07) is 11.9. The number of rotatable bonds is 5. The van der Waals surface area contributed by atoms with Crippen LogP contribution in [0.1, 0.15) is 11.1 Å². The zero-order chi connectivity index (χ0) is 18.6. The number of ether oxygens (including phenoxy) is 1. The number of aromatic nitrogens is 2. The third-order valence-electron chi connectivity index (χ3n) is 5.14. The Hall–Kier alpha value is -2.70. The zero-order valence-corrected chi connectivity index (χ0v) is 15.5. The van der Waals surface area contributed by atoms with Gasteiger partial charge >= 0.3 is 0 Å². The monoisotopic (exact) mass is 364 g/mol. The van der Waals surface area contributed by atoms with Gasteiger partial charge in [-0.2, -0.15) is 0 Å². The fourth-order valence-corrected chi connectivity index (χ4v) is 3.56. The molecule has 1 N–H and O–H groups in total. The van der Waals surface area contributed by atoms with Crippen LogP contribution in [0.3, 0.4) is 0 Å². The van der Waals surface area contributed by atoms with Crippen LogP contribution in [0.5, 0.6) is 5.75 Å². The molecule has 0 amide bonds. The highest BCUT2D eigenvalue weighted by Gasteiger charge is 2.18. The van der Waals surface area contributed by atoms with Crippen LogP contribution in [0.25, 0.3) is 10.9 Å². The van der Waals surface area contributed by atoms with Crippen LogP contribution in [0.15, 0.2) is 53.6 Å². The van der Waals surface area contributed by atoms with Crippen molar-refractivity contribution < 1.29 is 4.74 Å². The predicted octanol–water partition coefficient (Wildman–Crippen LogP) is 2.25. The van der Waals surface area contributed by atoms with E-state index < -0.39 is 0 Å². The van der Waals surface area contributed by atoms with E-state index in [2.05, 4.69) is 31.9 Å². The molecule has 27 heavy (non-hydrogen) atoms. The third kappa shape index (κ3) is 4.18. The maximum absolute atomic E-state index is 12.5. The number of methoxy groups -OCH3 is 1. The van der Waals surface area contributed by atoms with Gasteiger partial charge in [0, 0.05) is 63.3 Å². The highest BCUT2D eigenvalue weighted by Crippen LogP contribution is 2.19. The quantitative estimate of drug-likeness (QED) is 0.752. The molecule has 6 heteroatoms. The summed E-state index contributed by atoms with van der Waals surface area (Å²) < 4.78 is 5.23. The first-order valence-electron chi connectivity index (χ1n) is 9.25. The van der Waals surface area contributed by atoms with Crippen molar-refractivity contribution in [2.24, 2.45) is 0 Å². The Morgan fingerprint density at radius 2 is 1.70 bits per heavy atom. The van der Waals surface area contributed by atoms with Crippen molar-refractivity contribution in [3.05, 3.63) is 70.3 Å². The van der Waals surface area contributed by atoms with Gasteiger partial charge in [0.25, 0.3) is 5.56 Å². The van der Waals surface area contributed by atoms with Gasteiger partial charge in [0.1, 0.15) is 5.75 Å². The summed E-state index contributed by atoms with van der Waals surface area (Å²) in [4.78, 5) is 24.3. The van der Waals surface area contributed by atoms with Gasteiger partial charge in [-0.25, -0.2) is 0 Å². The third-order valence-corrected chi connectivity index (χ3v) is 5.14. The van der Waals surface area contributed by atoms with E-state index >= 15 is 0 Å². The molecule has 1 saturated heterocycles. The van der Waals surface area contributed by atoms with E-state index in [1.165, 1.54) is 5.56 Å². The normalized spacial score (nSPS) is 15.9. The topological polar surface area (TPSA) is 61.5 Å². The molecule has 0 radical (unpaired) electrons. The number of fused-ring (bicyclic) bond motifs is 1. The Balaban J connectivity index is 1.40. The fourth-order valence-electron chi connectivity index (χ4n) is 3.56. The molecule has 1 aliphatic rings. The fraction of sp³-hybridized carbons (Fsp3) is 0.333. The summed E-state index contributed by atoms with van der Waals surface area (Å²) in [6.07, 6.45) is 3.68. The lowest BCUT2D eigenvalue weighted by Crippen LogP contribution is -2.45. The highest BCUT2D eigenvalue weighted by molar-refractivity contribution is 5.80. The molecule has 6 nitrogen and oxygen atoms in total. The first-order chi connectivity index (χ1) is 13.2. The Morgan fingerprint density at radius 1 is 1.00 bits per heavy atom. The predicted molar refractivity (Wildman–Crippen MR) is 106 cm³/mol. The van der Waals surface area contributed by atoms with E-state index in [1.54, 1.807) is 7.11 Å². The molecule has 1 aliphatic heterocycles. The smallest absolute Gasteiger partial charge is 0.252 e. The maximum Gasteiger partial charge on any atom is 0.252 e. The summed E-state index contributed by atoms with van der Waals surface area (Å²) in [5.41, 5.74) is 2.90. The maximum atomic E-state index is 12.5. The minimum Gasteiger partial charge on any atom is -0.497 e. The molecular formula is C21H24N4O2. The van der Waals surface area contributed by atoms with Crippen LogP contribution >= 0.6 is 0 Å². The molecule has 0 bridgehead atoms. The van der Waals surface area contributed by atoms with Crippen molar-refractivity contribution in [2.45, 2.75) is 13.1 Å². The molecule has 4 rings (SSSR count). The first kappa shape index (κ1) is 17.7. The molecule has 0 spiro atoms. The second-order valence-electron chi connectivity index (χ2n) is 6.98. The van der Waals surface area contributed by atoms with E-state index in [1.807, 2.05) is 36.7 Å². The van der Waals surface area contributed by atoms with Crippen molar-refractivity contribution in [1.29, 1.82) is 0 Å². The van der Waals surface area contributed by atoms with Gasteiger partial charge in [-0.15, -0.1) is 0 Å². The van der Waals surface area contributed by atoms with Gasteiger partial charge in [-0.3, -0.25) is 19.6 Å². The average molecular weight is 364 g/mol. The molecule has 0 saturated carbocycles. The Bertz CT molecular complexity index is 963. The summed E-state index contributed by atoms with van der Waals surface area (Å²) in [5, 5.41) is 1.03. The summed E-state index contributed by atoms with van der Waals surface area (Å²) >= 11 is 0. The van der Waals surface area contributed by atoms with Crippen molar-refractivity contribution in [3.63, 3.8) is 0 Å². The standard InChI is InChI=1S/C21H24N4O2/c1-27-19-3-2-17-12-18(21(26)23-20(17)13-19)15-25-10-8-24(9-11-25)14-16-4-6-22-7-5-16/h2-7,12-13H,8-11,14-15H2,1H3,(H,23,26). The van der Waals surface area contributed by atoms with Crippen LogP contribution in [-0.2, 0) is 13.1 Å². The SMILES string of the molecule is COc1ccc2cc(CN3CCN(Cc4ccncc4)CC3)c(=O)[nH]c2c1. The lowest BCUT2D eigenvalue weighted by molar-refractivity contribution is 0.121. The molecule has 1 aromatic carbocycles. The molecule has 3 heterocycles. The number of benzene rings is 1. The number of aromatic amines is 1. The number of hydrogen-bond donors (Lipinski definition) is 1. The van der Waals surface area contributed by atoms with E-state index in [4.69, 9.17) is 4.74 Å². The van der Waals surface area contributed by atoms with Crippen LogP contribution in [0.2, 0.25) is 0 Å². The van der Waals surface area contributed by atoms with Gasteiger partial charge in [-0.1, -0.05) is 0 Å². The first-order valence-corrected chi connectivity index (χ1v) is 9.25. The van der Waals surface area contributed by atoms with Crippen molar-refractivity contribution in [2.75, 3.05) is 33.3 Å². The summed E-state index contributed by atoms with van der Waals surface area (Å²) in [6.45, 7) is 5.57. The van der Waals surface area contributed by atoms with Gasteiger partial charge in [-0.05, 0) is 41.3 Å². The highest BCUT2D eigenvalue weighted by atomic mass is 16.5. The van der Waals surface area contributed by atoms with E-state index in [0.717, 1.165) is 54.9 Å². The van der Waals surface area contributed by atoms with Crippen LogP contribution in [0, 0.1) is 0 Å². The van der Waals surface area contributed by atoms with Crippen LogP contribution in [-0.4, -0.2) is 53.1 Å². The molecule has 3 aromatic rings. The van der Waals surface area contributed by atoms with Crippen LogP contribution < -0.4 is 10.3 Å². The number of nitrogens with zero attached hydrogens (tertiary/aromatic N) is 3. The number of H-pyrrole nitrogens is 1. The van der Waals surface area contributed by atoms with Gasteiger partial charge in [0.2, 0.25) is 0 Å². The number of nitrogens with one attached hydrogen (secondary N) is 1. The molecule has 0 aliphatic carbocycles. The van der Waals surface area contributed by atoms with E-state index in [0.29, 0.717) is 6.54 Å². The van der Waals surface area contributed by atoms with Crippen molar-refractivity contribution in [1.82, 2.24) is 19.8 Å². The molecule has 0 atom stereocenters. The lowest BCUT2D eigenvalue weighted by Gasteiger charge is -2.34. The largest absolute Gasteiger partial charge is 0.497 e. The van der Waals surface area contributed by atoms with E-state index in [9.17, 15) is 4.79 Å². The number of piperazine rings is 1. The molecular weight excluding hydrogens is 340 g/mol. The Kier molecular flexibility index (Phi) is 5.18. The van der Waals surface area contributed by atoms with Crippen LogP contribution in [0.4, 0.5) is 0 Å².